The summed E-state index contributed by atoms with van der Waals surface area (Å²) in [7, 11) is 1.58. The molecule has 1 heterocycles. The molecule has 0 atom stereocenters. The molecule has 1 aromatic carbocycles. The average molecular weight is 230 g/mol. The molecule has 0 spiro atoms. The zero-order valence-electron chi connectivity index (χ0n) is 9.81. The predicted octanol–water partition coefficient (Wildman–Crippen LogP) is 2.77. The number of methoxy groups -OCH3 is 1. The van der Waals surface area contributed by atoms with Gasteiger partial charge in [-0.05, 0) is 31.2 Å². The first-order valence-electron chi connectivity index (χ1n) is 5.23. The minimum Gasteiger partial charge on any atom is -0.493 e. The highest BCUT2D eigenvalue weighted by atomic mass is 16.5. The normalized spacial score (nSPS) is 10.0. The van der Waals surface area contributed by atoms with Crippen LogP contribution in [0.15, 0.2) is 36.5 Å². The molecule has 0 saturated carbocycles. The summed E-state index contributed by atoms with van der Waals surface area (Å²) < 4.78 is 11.0. The fourth-order valence-corrected chi connectivity index (χ4v) is 1.46. The maximum Gasteiger partial charge on any atom is 0.169 e. The maximum absolute atomic E-state index is 5.74. The summed E-state index contributed by atoms with van der Waals surface area (Å²) in [5, 5.41) is 0. The van der Waals surface area contributed by atoms with Crippen LogP contribution in [0.25, 0.3) is 0 Å². The standard InChI is InChI=1S/C13H14N2O2/c1-9-11(4-3-7-15-9)17-12-6-5-10(14)8-13(12)16-2/h3-8H,14H2,1-2H3. The Balaban J connectivity index is 2.33. The first kappa shape index (κ1) is 11.3. The smallest absolute Gasteiger partial charge is 0.169 e. The third kappa shape index (κ3) is 2.47. The number of nitrogen functional groups attached to an aromatic ring is 1. The number of hydrogen-bond donors (Lipinski definition) is 1. The van der Waals surface area contributed by atoms with E-state index in [1.165, 1.54) is 0 Å². The summed E-state index contributed by atoms with van der Waals surface area (Å²) in [5.74, 6) is 1.93. The van der Waals surface area contributed by atoms with Crippen LogP contribution >= 0.6 is 0 Å². The van der Waals surface area contributed by atoms with Crippen LogP contribution in [0.5, 0.6) is 17.2 Å². The SMILES string of the molecule is COc1cc(N)ccc1Oc1cccnc1C. The second kappa shape index (κ2) is 4.74. The highest BCUT2D eigenvalue weighted by molar-refractivity contribution is 5.53. The van der Waals surface area contributed by atoms with Crippen LogP contribution in [0.2, 0.25) is 0 Å². The van der Waals surface area contributed by atoms with Gasteiger partial charge in [-0.1, -0.05) is 0 Å². The number of ether oxygens (including phenoxy) is 2. The quantitative estimate of drug-likeness (QED) is 0.824. The first-order chi connectivity index (χ1) is 8.20. The van der Waals surface area contributed by atoms with Gasteiger partial charge in [-0.2, -0.15) is 0 Å². The number of pyridine rings is 1. The van der Waals surface area contributed by atoms with Crippen molar-refractivity contribution in [1.29, 1.82) is 0 Å². The molecule has 0 saturated heterocycles. The number of anilines is 1. The van der Waals surface area contributed by atoms with Gasteiger partial charge in [0.2, 0.25) is 0 Å². The Hall–Kier alpha value is -2.23. The molecule has 4 heteroatoms. The van der Waals surface area contributed by atoms with Crippen molar-refractivity contribution >= 4 is 5.69 Å². The average Bonchev–Trinajstić information content (AvgIpc) is 2.34. The lowest BCUT2D eigenvalue weighted by Gasteiger charge is -2.11. The van der Waals surface area contributed by atoms with Gasteiger partial charge in [-0.3, -0.25) is 4.98 Å². The Morgan fingerprint density at radius 3 is 2.65 bits per heavy atom. The summed E-state index contributed by atoms with van der Waals surface area (Å²) >= 11 is 0. The number of hydrogen-bond acceptors (Lipinski definition) is 4. The van der Waals surface area contributed by atoms with E-state index in [0.717, 1.165) is 5.69 Å². The first-order valence-corrected chi connectivity index (χ1v) is 5.23. The van der Waals surface area contributed by atoms with Gasteiger partial charge in [0.1, 0.15) is 5.75 Å². The largest absolute Gasteiger partial charge is 0.493 e. The van der Waals surface area contributed by atoms with E-state index in [-0.39, 0.29) is 0 Å². The summed E-state index contributed by atoms with van der Waals surface area (Å²) in [5.41, 5.74) is 7.14. The van der Waals surface area contributed by atoms with Crippen LogP contribution in [-0.4, -0.2) is 12.1 Å². The molecule has 88 valence electrons. The highest BCUT2D eigenvalue weighted by Gasteiger charge is 2.07. The summed E-state index contributed by atoms with van der Waals surface area (Å²) in [6, 6.07) is 8.95. The van der Waals surface area contributed by atoms with Crippen molar-refractivity contribution < 1.29 is 9.47 Å². The number of aromatic nitrogens is 1. The molecule has 0 unspecified atom stereocenters. The Morgan fingerprint density at radius 1 is 1.12 bits per heavy atom. The van der Waals surface area contributed by atoms with Crippen molar-refractivity contribution in [3.63, 3.8) is 0 Å². The topological polar surface area (TPSA) is 57.4 Å². The van der Waals surface area contributed by atoms with E-state index in [2.05, 4.69) is 4.98 Å². The van der Waals surface area contributed by atoms with Crippen molar-refractivity contribution in [2.75, 3.05) is 12.8 Å². The molecule has 2 aromatic rings. The Bertz CT molecular complexity index is 527. The Labute approximate surface area is 100 Å². The second-order valence-electron chi connectivity index (χ2n) is 3.60. The third-order valence-corrected chi connectivity index (χ3v) is 2.37. The maximum atomic E-state index is 5.74. The Kier molecular flexibility index (Phi) is 3.14. The fourth-order valence-electron chi connectivity index (χ4n) is 1.46. The lowest BCUT2D eigenvalue weighted by Crippen LogP contribution is -1.94. The van der Waals surface area contributed by atoms with Gasteiger partial charge in [0.15, 0.2) is 11.5 Å². The van der Waals surface area contributed by atoms with Crippen molar-refractivity contribution in [2.24, 2.45) is 0 Å². The number of benzene rings is 1. The predicted molar refractivity (Wildman–Crippen MR) is 66.5 cm³/mol. The summed E-state index contributed by atoms with van der Waals surface area (Å²) in [4.78, 5) is 4.16. The molecule has 0 aliphatic heterocycles. The lowest BCUT2D eigenvalue weighted by molar-refractivity contribution is 0.378. The Morgan fingerprint density at radius 2 is 1.94 bits per heavy atom. The van der Waals surface area contributed by atoms with Gasteiger partial charge >= 0.3 is 0 Å². The van der Waals surface area contributed by atoms with E-state index in [4.69, 9.17) is 15.2 Å². The molecule has 17 heavy (non-hydrogen) atoms. The van der Waals surface area contributed by atoms with Gasteiger partial charge in [0, 0.05) is 18.0 Å². The van der Waals surface area contributed by atoms with E-state index in [1.54, 1.807) is 31.5 Å². The van der Waals surface area contributed by atoms with Crippen LogP contribution in [0.1, 0.15) is 5.69 Å². The zero-order valence-corrected chi connectivity index (χ0v) is 9.81. The second-order valence-corrected chi connectivity index (χ2v) is 3.60. The van der Waals surface area contributed by atoms with E-state index < -0.39 is 0 Å². The van der Waals surface area contributed by atoms with E-state index in [9.17, 15) is 0 Å². The summed E-state index contributed by atoms with van der Waals surface area (Å²) in [6.45, 7) is 1.89. The molecule has 0 bridgehead atoms. The van der Waals surface area contributed by atoms with Gasteiger partial charge in [-0.25, -0.2) is 0 Å². The van der Waals surface area contributed by atoms with E-state index in [0.29, 0.717) is 22.9 Å². The minimum absolute atomic E-state index is 0.605. The van der Waals surface area contributed by atoms with E-state index >= 15 is 0 Å². The number of aryl methyl sites for hydroxylation is 1. The van der Waals surface area contributed by atoms with Gasteiger partial charge in [-0.15, -0.1) is 0 Å². The number of nitrogens with zero attached hydrogens (tertiary/aromatic N) is 1. The molecule has 0 fully saturated rings. The van der Waals surface area contributed by atoms with Gasteiger partial charge in [0.05, 0.1) is 12.8 Å². The monoisotopic (exact) mass is 230 g/mol. The van der Waals surface area contributed by atoms with Crippen LogP contribution in [0.4, 0.5) is 5.69 Å². The number of nitrogens with two attached hydrogens (primary N) is 1. The molecule has 0 amide bonds. The van der Waals surface area contributed by atoms with Crippen LogP contribution in [0.3, 0.4) is 0 Å². The molecular weight excluding hydrogens is 216 g/mol. The van der Waals surface area contributed by atoms with Crippen molar-refractivity contribution in [2.45, 2.75) is 6.92 Å². The third-order valence-electron chi connectivity index (χ3n) is 2.37. The molecule has 2 rings (SSSR count). The zero-order chi connectivity index (χ0) is 12.3. The minimum atomic E-state index is 0.605. The molecular formula is C13H14N2O2. The summed E-state index contributed by atoms with van der Waals surface area (Å²) in [6.07, 6.45) is 1.72. The van der Waals surface area contributed by atoms with Gasteiger partial charge in [0.25, 0.3) is 0 Å². The van der Waals surface area contributed by atoms with Crippen molar-refractivity contribution in [1.82, 2.24) is 4.98 Å². The van der Waals surface area contributed by atoms with Gasteiger partial charge < -0.3 is 15.2 Å². The number of rotatable bonds is 3. The molecule has 1 aromatic heterocycles. The van der Waals surface area contributed by atoms with Crippen LogP contribution in [0, 0.1) is 6.92 Å². The molecule has 0 aliphatic carbocycles. The van der Waals surface area contributed by atoms with E-state index in [1.807, 2.05) is 19.1 Å². The molecule has 0 radical (unpaired) electrons. The highest BCUT2D eigenvalue weighted by Crippen LogP contribution is 2.33. The molecule has 2 N–H and O–H groups in total. The molecule has 0 aliphatic rings. The van der Waals surface area contributed by atoms with Crippen LogP contribution in [-0.2, 0) is 0 Å². The fraction of sp³-hybridized carbons (Fsp3) is 0.154. The van der Waals surface area contributed by atoms with Crippen LogP contribution < -0.4 is 15.2 Å². The van der Waals surface area contributed by atoms with Crippen molar-refractivity contribution in [3.05, 3.63) is 42.2 Å². The lowest BCUT2D eigenvalue weighted by atomic mass is 10.3. The van der Waals surface area contributed by atoms with Crippen molar-refractivity contribution in [3.8, 4) is 17.2 Å². The molecule has 4 nitrogen and oxygen atoms in total.